The van der Waals surface area contributed by atoms with Crippen molar-refractivity contribution in [1.29, 1.82) is 0 Å². The van der Waals surface area contributed by atoms with E-state index in [1.165, 1.54) is 11.4 Å². The SMILES string of the molecule is COc1cc(CN)ccc1S(=O)(=O)N(C)C1CCCC1. The lowest BCUT2D eigenvalue weighted by molar-refractivity contribution is 0.365. The van der Waals surface area contributed by atoms with Gasteiger partial charge in [0.2, 0.25) is 10.0 Å². The minimum absolute atomic E-state index is 0.0962. The van der Waals surface area contributed by atoms with Crippen LogP contribution in [0.15, 0.2) is 23.1 Å². The van der Waals surface area contributed by atoms with Crippen LogP contribution >= 0.6 is 0 Å². The van der Waals surface area contributed by atoms with Crippen LogP contribution in [-0.2, 0) is 16.6 Å². The Morgan fingerprint density at radius 2 is 2.00 bits per heavy atom. The van der Waals surface area contributed by atoms with E-state index in [2.05, 4.69) is 0 Å². The molecule has 20 heavy (non-hydrogen) atoms. The number of rotatable bonds is 5. The summed E-state index contributed by atoms with van der Waals surface area (Å²) in [5.74, 6) is 0.359. The number of benzene rings is 1. The first-order valence-electron chi connectivity index (χ1n) is 6.85. The predicted molar refractivity (Wildman–Crippen MR) is 78.1 cm³/mol. The van der Waals surface area contributed by atoms with E-state index in [0.29, 0.717) is 12.3 Å². The normalized spacial score (nSPS) is 16.8. The molecule has 1 saturated carbocycles. The summed E-state index contributed by atoms with van der Waals surface area (Å²) in [7, 11) is -0.392. The molecule has 0 saturated heterocycles. The minimum atomic E-state index is -3.52. The second kappa shape index (κ2) is 6.11. The third kappa shape index (κ3) is 2.82. The Bertz CT molecular complexity index is 566. The molecule has 0 atom stereocenters. The maximum Gasteiger partial charge on any atom is 0.246 e. The summed E-state index contributed by atoms with van der Waals surface area (Å²) in [6, 6.07) is 5.11. The van der Waals surface area contributed by atoms with Gasteiger partial charge in [-0.1, -0.05) is 18.9 Å². The van der Waals surface area contributed by atoms with E-state index >= 15 is 0 Å². The van der Waals surface area contributed by atoms with Crippen LogP contribution in [0.4, 0.5) is 0 Å². The van der Waals surface area contributed by atoms with Gasteiger partial charge in [-0.05, 0) is 30.5 Å². The molecule has 1 aromatic rings. The first-order valence-corrected chi connectivity index (χ1v) is 8.29. The van der Waals surface area contributed by atoms with Gasteiger partial charge in [0.25, 0.3) is 0 Å². The lowest BCUT2D eigenvalue weighted by Gasteiger charge is -2.24. The van der Waals surface area contributed by atoms with Crippen molar-refractivity contribution >= 4 is 10.0 Å². The molecule has 1 aliphatic carbocycles. The van der Waals surface area contributed by atoms with Crippen LogP contribution in [0, 0.1) is 0 Å². The molecule has 2 N–H and O–H groups in total. The predicted octanol–water partition coefficient (Wildman–Crippen LogP) is 1.72. The Morgan fingerprint density at radius 3 is 2.55 bits per heavy atom. The van der Waals surface area contributed by atoms with Crippen molar-refractivity contribution in [2.24, 2.45) is 5.73 Å². The summed E-state index contributed by atoms with van der Waals surface area (Å²) in [6.07, 6.45) is 4.04. The number of hydrogen-bond donors (Lipinski definition) is 1. The fraction of sp³-hybridized carbons (Fsp3) is 0.571. The molecule has 2 rings (SSSR count). The molecule has 1 aliphatic rings. The molecule has 5 nitrogen and oxygen atoms in total. The van der Waals surface area contributed by atoms with Gasteiger partial charge < -0.3 is 10.5 Å². The van der Waals surface area contributed by atoms with Gasteiger partial charge in [0.15, 0.2) is 0 Å². The number of sulfonamides is 1. The molecule has 1 fully saturated rings. The molecule has 0 unspecified atom stereocenters. The molecule has 0 heterocycles. The maximum absolute atomic E-state index is 12.7. The van der Waals surface area contributed by atoms with Gasteiger partial charge in [-0.15, -0.1) is 0 Å². The summed E-state index contributed by atoms with van der Waals surface area (Å²) in [4.78, 5) is 0.214. The molecule has 6 heteroatoms. The van der Waals surface area contributed by atoms with Crippen molar-refractivity contribution in [1.82, 2.24) is 4.31 Å². The van der Waals surface area contributed by atoms with Gasteiger partial charge >= 0.3 is 0 Å². The first-order chi connectivity index (χ1) is 9.50. The Hall–Kier alpha value is -1.11. The molecule has 112 valence electrons. The quantitative estimate of drug-likeness (QED) is 0.898. The van der Waals surface area contributed by atoms with Crippen LogP contribution < -0.4 is 10.5 Å². The molecule has 0 spiro atoms. The second-order valence-corrected chi connectivity index (χ2v) is 7.11. The number of nitrogens with two attached hydrogens (primary N) is 1. The van der Waals surface area contributed by atoms with Crippen LogP contribution in [0.25, 0.3) is 0 Å². The largest absolute Gasteiger partial charge is 0.495 e. The summed E-state index contributed by atoms with van der Waals surface area (Å²) in [6.45, 7) is 0.356. The lowest BCUT2D eigenvalue weighted by Crippen LogP contribution is -2.35. The standard InChI is InChI=1S/C14H22N2O3S/c1-16(12-5-3-4-6-12)20(17,18)14-8-7-11(10-15)9-13(14)19-2/h7-9,12H,3-6,10,15H2,1-2H3. The highest BCUT2D eigenvalue weighted by Crippen LogP contribution is 2.31. The Kier molecular flexibility index (Phi) is 4.67. The van der Waals surface area contributed by atoms with Gasteiger partial charge in [0, 0.05) is 19.6 Å². The molecular weight excluding hydrogens is 276 g/mol. The maximum atomic E-state index is 12.7. The Balaban J connectivity index is 2.37. The third-order valence-corrected chi connectivity index (χ3v) is 5.91. The summed E-state index contributed by atoms with van der Waals surface area (Å²) in [5.41, 5.74) is 6.43. The highest BCUT2D eigenvalue weighted by molar-refractivity contribution is 7.89. The van der Waals surface area contributed by atoms with E-state index in [1.807, 2.05) is 0 Å². The molecule has 1 aromatic carbocycles. The number of methoxy groups -OCH3 is 1. The van der Waals surface area contributed by atoms with Crippen molar-refractivity contribution < 1.29 is 13.2 Å². The van der Waals surface area contributed by atoms with E-state index in [-0.39, 0.29) is 10.9 Å². The molecule has 0 aromatic heterocycles. The summed E-state index contributed by atoms with van der Waals surface area (Å²) >= 11 is 0. The smallest absolute Gasteiger partial charge is 0.246 e. The third-order valence-electron chi connectivity index (χ3n) is 3.96. The van der Waals surface area contributed by atoms with Gasteiger partial charge in [0.1, 0.15) is 10.6 Å². The van der Waals surface area contributed by atoms with Crippen molar-refractivity contribution in [3.63, 3.8) is 0 Å². The fourth-order valence-corrected chi connectivity index (χ4v) is 4.22. The highest BCUT2D eigenvalue weighted by atomic mass is 32.2. The zero-order chi connectivity index (χ0) is 14.8. The molecule has 0 amide bonds. The number of nitrogens with zero attached hydrogens (tertiary/aromatic N) is 1. The van der Waals surface area contributed by atoms with Gasteiger partial charge in [-0.25, -0.2) is 8.42 Å². The average molecular weight is 298 g/mol. The molecule has 0 radical (unpaired) electrons. The van der Waals surface area contributed by atoms with Crippen LogP contribution in [-0.4, -0.2) is 32.9 Å². The van der Waals surface area contributed by atoms with Crippen LogP contribution in [0.3, 0.4) is 0 Å². The first kappa shape index (κ1) is 15.3. The Labute approximate surface area is 120 Å². The van der Waals surface area contributed by atoms with Crippen molar-refractivity contribution in [3.8, 4) is 5.75 Å². The summed E-state index contributed by atoms with van der Waals surface area (Å²) < 4.78 is 32.1. The zero-order valence-electron chi connectivity index (χ0n) is 12.0. The lowest BCUT2D eigenvalue weighted by atomic mass is 10.2. The van der Waals surface area contributed by atoms with E-state index in [1.54, 1.807) is 25.2 Å². The monoisotopic (exact) mass is 298 g/mol. The summed E-state index contributed by atoms with van der Waals surface area (Å²) in [5, 5.41) is 0. The van der Waals surface area contributed by atoms with Crippen LogP contribution in [0.5, 0.6) is 5.75 Å². The minimum Gasteiger partial charge on any atom is -0.495 e. The number of ether oxygens (including phenoxy) is 1. The second-order valence-electron chi connectivity index (χ2n) is 5.15. The van der Waals surface area contributed by atoms with Gasteiger partial charge in [-0.2, -0.15) is 4.31 Å². The molecule has 0 bridgehead atoms. The van der Waals surface area contributed by atoms with Gasteiger partial charge in [0.05, 0.1) is 7.11 Å². The number of hydrogen-bond acceptors (Lipinski definition) is 4. The van der Waals surface area contributed by atoms with E-state index in [9.17, 15) is 8.42 Å². The molecule has 0 aliphatic heterocycles. The van der Waals surface area contributed by atoms with E-state index in [4.69, 9.17) is 10.5 Å². The topological polar surface area (TPSA) is 72.6 Å². The highest BCUT2D eigenvalue weighted by Gasteiger charge is 2.31. The fourth-order valence-electron chi connectivity index (χ4n) is 2.67. The zero-order valence-corrected chi connectivity index (χ0v) is 12.8. The van der Waals surface area contributed by atoms with Crippen LogP contribution in [0.1, 0.15) is 31.2 Å². The van der Waals surface area contributed by atoms with Gasteiger partial charge in [-0.3, -0.25) is 0 Å². The van der Waals surface area contributed by atoms with Crippen molar-refractivity contribution in [3.05, 3.63) is 23.8 Å². The van der Waals surface area contributed by atoms with Crippen LogP contribution in [0.2, 0.25) is 0 Å². The Morgan fingerprint density at radius 1 is 1.35 bits per heavy atom. The van der Waals surface area contributed by atoms with Crippen molar-refractivity contribution in [2.45, 2.75) is 43.2 Å². The average Bonchev–Trinajstić information content (AvgIpc) is 2.99. The van der Waals surface area contributed by atoms with Crippen molar-refractivity contribution in [2.75, 3.05) is 14.2 Å². The van der Waals surface area contributed by atoms with E-state index in [0.717, 1.165) is 31.2 Å². The van der Waals surface area contributed by atoms with E-state index < -0.39 is 10.0 Å². The molecular formula is C14H22N2O3S.